The molecule has 3 nitrogen and oxygen atoms in total. The summed E-state index contributed by atoms with van der Waals surface area (Å²) >= 11 is 0. The van der Waals surface area contributed by atoms with Gasteiger partial charge < -0.3 is 4.74 Å². The number of hydrogen-bond donors (Lipinski definition) is 0. The standard InChI is InChI=1S/C26H29NO2/c1-5-7-11-20-14-22(19(4)6-2)24-23(15-20)26(25(28)29-24,16-18(3)17-27)21-12-9-8-10-13-21/h8-10,12-15,19H,3,5-7,11,16H2,1-2,4H3. The van der Waals surface area contributed by atoms with Gasteiger partial charge in [0, 0.05) is 17.6 Å². The van der Waals surface area contributed by atoms with E-state index in [1.165, 1.54) is 5.56 Å². The van der Waals surface area contributed by atoms with Crippen LogP contribution in [-0.4, -0.2) is 5.97 Å². The van der Waals surface area contributed by atoms with E-state index in [1.807, 2.05) is 30.3 Å². The number of hydrogen-bond acceptors (Lipinski definition) is 3. The van der Waals surface area contributed by atoms with Crippen molar-refractivity contribution in [3.63, 3.8) is 0 Å². The number of nitrogens with zero attached hydrogens (tertiary/aromatic N) is 1. The fourth-order valence-corrected chi connectivity index (χ4v) is 4.17. The maximum atomic E-state index is 13.4. The number of aryl methyl sites for hydroxylation is 1. The molecule has 1 heterocycles. The van der Waals surface area contributed by atoms with Gasteiger partial charge in [0.1, 0.15) is 11.2 Å². The van der Waals surface area contributed by atoms with Crippen molar-refractivity contribution < 1.29 is 9.53 Å². The van der Waals surface area contributed by atoms with E-state index in [2.05, 4.69) is 45.6 Å². The number of allylic oxidation sites excluding steroid dienone is 1. The Balaban J connectivity index is 2.29. The summed E-state index contributed by atoms with van der Waals surface area (Å²) in [5.74, 6) is 0.648. The Morgan fingerprint density at radius 1 is 1.24 bits per heavy atom. The molecule has 3 rings (SSSR count). The lowest BCUT2D eigenvalue weighted by atomic mass is 9.70. The number of esters is 1. The quantitative estimate of drug-likeness (QED) is 0.307. The molecule has 3 heteroatoms. The van der Waals surface area contributed by atoms with Gasteiger partial charge in [0.25, 0.3) is 0 Å². The Hall–Kier alpha value is -2.86. The van der Waals surface area contributed by atoms with Crippen LogP contribution in [0.2, 0.25) is 0 Å². The van der Waals surface area contributed by atoms with Crippen LogP contribution < -0.4 is 4.74 Å². The van der Waals surface area contributed by atoms with Gasteiger partial charge in [0.15, 0.2) is 0 Å². The molecule has 0 spiro atoms. The van der Waals surface area contributed by atoms with Crippen LogP contribution in [0.1, 0.15) is 74.6 Å². The monoisotopic (exact) mass is 387 g/mol. The van der Waals surface area contributed by atoms with Crippen molar-refractivity contribution in [2.75, 3.05) is 0 Å². The van der Waals surface area contributed by atoms with E-state index < -0.39 is 5.41 Å². The second-order valence-electron chi connectivity index (χ2n) is 8.03. The summed E-state index contributed by atoms with van der Waals surface area (Å²) in [7, 11) is 0. The molecule has 29 heavy (non-hydrogen) atoms. The molecule has 0 saturated carbocycles. The average molecular weight is 388 g/mol. The maximum absolute atomic E-state index is 13.4. The highest BCUT2D eigenvalue weighted by Gasteiger charge is 2.52. The van der Waals surface area contributed by atoms with Gasteiger partial charge in [-0.3, -0.25) is 4.79 Å². The Kier molecular flexibility index (Phi) is 6.23. The van der Waals surface area contributed by atoms with E-state index in [0.717, 1.165) is 42.4 Å². The topological polar surface area (TPSA) is 50.1 Å². The first-order chi connectivity index (χ1) is 14.0. The van der Waals surface area contributed by atoms with Gasteiger partial charge in [-0.1, -0.05) is 76.2 Å². The smallest absolute Gasteiger partial charge is 0.327 e. The molecular formula is C26H29NO2. The zero-order valence-corrected chi connectivity index (χ0v) is 17.6. The van der Waals surface area contributed by atoms with Gasteiger partial charge >= 0.3 is 5.97 Å². The first kappa shape index (κ1) is 20.9. The predicted molar refractivity (Wildman–Crippen MR) is 116 cm³/mol. The van der Waals surface area contributed by atoms with Crippen LogP contribution in [0, 0.1) is 11.3 Å². The first-order valence-corrected chi connectivity index (χ1v) is 10.5. The molecule has 0 amide bonds. The molecule has 2 atom stereocenters. The molecule has 0 aliphatic carbocycles. The van der Waals surface area contributed by atoms with Crippen LogP contribution in [-0.2, 0) is 16.6 Å². The minimum atomic E-state index is -1.02. The van der Waals surface area contributed by atoms with E-state index in [0.29, 0.717) is 11.3 Å². The van der Waals surface area contributed by atoms with E-state index in [-0.39, 0.29) is 18.3 Å². The molecule has 0 aromatic heterocycles. The number of rotatable bonds is 8. The van der Waals surface area contributed by atoms with Crippen LogP contribution in [0.3, 0.4) is 0 Å². The van der Waals surface area contributed by atoms with Gasteiger partial charge in [-0.05, 0) is 41.9 Å². The Morgan fingerprint density at radius 2 is 1.97 bits per heavy atom. The second-order valence-corrected chi connectivity index (χ2v) is 8.03. The average Bonchev–Trinajstić information content (AvgIpc) is 3.03. The Bertz CT molecular complexity index is 955. The molecule has 2 aromatic rings. The van der Waals surface area contributed by atoms with E-state index in [1.54, 1.807) is 0 Å². The third-order valence-corrected chi connectivity index (χ3v) is 6.05. The van der Waals surface area contributed by atoms with Crippen molar-refractivity contribution in [3.05, 3.63) is 76.9 Å². The lowest BCUT2D eigenvalue weighted by Gasteiger charge is -2.27. The van der Waals surface area contributed by atoms with Crippen molar-refractivity contribution in [2.45, 2.75) is 64.2 Å². The molecule has 0 radical (unpaired) electrons. The molecule has 2 unspecified atom stereocenters. The van der Waals surface area contributed by atoms with Crippen LogP contribution in [0.25, 0.3) is 0 Å². The number of fused-ring (bicyclic) bond motifs is 1. The Labute approximate surface area is 174 Å². The number of carbonyl (C=O) groups excluding carboxylic acids is 1. The highest BCUT2D eigenvalue weighted by molar-refractivity contribution is 5.95. The molecule has 2 aromatic carbocycles. The molecule has 1 aliphatic heterocycles. The summed E-state index contributed by atoms with van der Waals surface area (Å²) in [6.45, 7) is 10.4. The molecule has 0 fully saturated rings. The van der Waals surface area contributed by atoms with Crippen molar-refractivity contribution in [3.8, 4) is 11.8 Å². The number of ether oxygens (including phenoxy) is 1. The number of benzene rings is 2. The highest BCUT2D eigenvalue weighted by atomic mass is 16.5. The molecule has 0 saturated heterocycles. The summed E-state index contributed by atoms with van der Waals surface area (Å²) in [4.78, 5) is 13.4. The second kappa shape index (κ2) is 8.66. The van der Waals surface area contributed by atoms with Crippen molar-refractivity contribution in [1.29, 1.82) is 5.26 Å². The van der Waals surface area contributed by atoms with Gasteiger partial charge in [0.2, 0.25) is 0 Å². The lowest BCUT2D eigenvalue weighted by molar-refractivity contribution is -0.136. The minimum Gasteiger partial charge on any atom is -0.425 e. The molecular weight excluding hydrogens is 358 g/mol. The fraction of sp³-hybridized carbons (Fsp3) is 0.385. The van der Waals surface area contributed by atoms with Gasteiger partial charge in [0.05, 0.1) is 6.07 Å². The summed E-state index contributed by atoms with van der Waals surface area (Å²) in [5.41, 5.74) is 3.40. The first-order valence-electron chi connectivity index (χ1n) is 10.5. The van der Waals surface area contributed by atoms with E-state index in [9.17, 15) is 10.1 Å². The third-order valence-electron chi connectivity index (χ3n) is 6.05. The van der Waals surface area contributed by atoms with Gasteiger partial charge in [-0.15, -0.1) is 0 Å². The Morgan fingerprint density at radius 3 is 2.59 bits per heavy atom. The molecule has 1 aliphatic rings. The largest absolute Gasteiger partial charge is 0.425 e. The van der Waals surface area contributed by atoms with Crippen LogP contribution in [0.4, 0.5) is 0 Å². The summed E-state index contributed by atoms with van der Waals surface area (Å²) in [6, 6.07) is 16.1. The third kappa shape index (κ3) is 3.72. The predicted octanol–water partition coefficient (Wildman–Crippen LogP) is 6.22. The number of nitriles is 1. The van der Waals surface area contributed by atoms with Crippen molar-refractivity contribution in [1.82, 2.24) is 0 Å². The summed E-state index contributed by atoms with van der Waals surface area (Å²) in [6.07, 6.45) is 4.36. The zero-order chi connectivity index (χ0) is 21.0. The van der Waals surface area contributed by atoms with Crippen molar-refractivity contribution in [2.24, 2.45) is 0 Å². The normalized spacial score (nSPS) is 18.6. The van der Waals surface area contributed by atoms with Crippen molar-refractivity contribution >= 4 is 5.97 Å². The van der Waals surface area contributed by atoms with Gasteiger partial charge in [-0.25, -0.2) is 0 Å². The fourth-order valence-electron chi connectivity index (χ4n) is 4.17. The highest BCUT2D eigenvalue weighted by Crippen LogP contribution is 2.51. The summed E-state index contributed by atoms with van der Waals surface area (Å²) in [5, 5.41) is 9.44. The number of carbonyl (C=O) groups is 1. The SMILES string of the molecule is C=C(C#N)CC1(c2ccccc2)C(=O)Oc2c(C(C)CC)cc(CCCC)cc21. The van der Waals surface area contributed by atoms with Crippen LogP contribution >= 0.6 is 0 Å². The minimum absolute atomic E-state index is 0.233. The van der Waals surface area contributed by atoms with Gasteiger partial charge in [-0.2, -0.15) is 5.26 Å². The summed E-state index contributed by atoms with van der Waals surface area (Å²) < 4.78 is 5.95. The van der Waals surface area contributed by atoms with Crippen LogP contribution in [0.15, 0.2) is 54.6 Å². The lowest BCUT2D eigenvalue weighted by Crippen LogP contribution is -2.35. The zero-order valence-electron chi connectivity index (χ0n) is 17.6. The molecule has 150 valence electrons. The molecule has 0 bridgehead atoms. The maximum Gasteiger partial charge on any atom is 0.327 e. The van der Waals surface area contributed by atoms with E-state index in [4.69, 9.17) is 4.74 Å². The number of unbranched alkanes of at least 4 members (excludes halogenated alkanes) is 1. The van der Waals surface area contributed by atoms with Crippen LogP contribution in [0.5, 0.6) is 5.75 Å². The van der Waals surface area contributed by atoms with E-state index >= 15 is 0 Å². The molecule has 0 N–H and O–H groups in total.